The molecule has 1 spiro atoms. The molecular formula is C12H23NO2. The number of piperidine rings is 1. The predicted octanol–water partition coefficient (Wildman–Crippen LogP) is 1.87. The lowest BCUT2D eigenvalue weighted by Gasteiger charge is -2.41. The van der Waals surface area contributed by atoms with Crippen molar-refractivity contribution in [2.24, 2.45) is 5.41 Å². The van der Waals surface area contributed by atoms with Gasteiger partial charge in [0.2, 0.25) is 0 Å². The molecule has 0 atom stereocenters. The molecular weight excluding hydrogens is 190 g/mol. The van der Waals surface area contributed by atoms with Gasteiger partial charge in [-0.25, -0.2) is 0 Å². The van der Waals surface area contributed by atoms with Crippen molar-refractivity contribution in [2.75, 3.05) is 32.8 Å². The summed E-state index contributed by atoms with van der Waals surface area (Å²) >= 11 is 0. The third kappa shape index (κ3) is 2.92. The Bertz CT molecular complexity index is 216. The monoisotopic (exact) mass is 213 g/mol. The minimum Gasteiger partial charge on any atom is -0.346 e. The number of hydrogen-bond donors (Lipinski definition) is 0. The third-order valence-corrected chi connectivity index (χ3v) is 3.01. The normalized spacial score (nSPS) is 27.4. The van der Waals surface area contributed by atoms with Gasteiger partial charge in [-0.2, -0.15) is 0 Å². The molecule has 2 aliphatic heterocycles. The smallest absolute Gasteiger partial charge is 0.181 e. The zero-order chi connectivity index (χ0) is 10.9. The van der Waals surface area contributed by atoms with Crippen LogP contribution >= 0.6 is 0 Å². The summed E-state index contributed by atoms with van der Waals surface area (Å²) in [5, 5.41) is 0. The molecule has 3 heteroatoms. The first kappa shape index (κ1) is 11.4. The molecule has 0 aromatic heterocycles. The van der Waals surface area contributed by atoms with Crippen LogP contribution in [-0.4, -0.2) is 43.5 Å². The first-order valence-corrected chi connectivity index (χ1v) is 5.99. The van der Waals surface area contributed by atoms with Gasteiger partial charge in [0.1, 0.15) is 0 Å². The zero-order valence-corrected chi connectivity index (χ0v) is 10.2. The third-order valence-electron chi connectivity index (χ3n) is 3.01. The van der Waals surface area contributed by atoms with E-state index < -0.39 is 0 Å². The van der Waals surface area contributed by atoms with Gasteiger partial charge >= 0.3 is 0 Å². The highest BCUT2D eigenvalue weighted by Crippen LogP contribution is 2.31. The number of ether oxygens (including phenoxy) is 2. The highest BCUT2D eigenvalue weighted by atomic mass is 16.7. The van der Waals surface area contributed by atoms with E-state index in [1.165, 1.54) is 13.0 Å². The fraction of sp³-hybridized carbons (Fsp3) is 1.00. The minimum absolute atomic E-state index is 0.260. The molecule has 2 fully saturated rings. The molecule has 0 aromatic rings. The van der Waals surface area contributed by atoms with Gasteiger partial charge in [0.05, 0.1) is 19.8 Å². The van der Waals surface area contributed by atoms with E-state index in [0.717, 1.165) is 32.7 Å². The van der Waals surface area contributed by atoms with Crippen LogP contribution in [0.1, 0.15) is 33.6 Å². The fourth-order valence-corrected chi connectivity index (χ4v) is 2.61. The summed E-state index contributed by atoms with van der Waals surface area (Å²) < 4.78 is 11.5. The van der Waals surface area contributed by atoms with E-state index in [-0.39, 0.29) is 5.79 Å². The fourth-order valence-electron chi connectivity index (χ4n) is 2.61. The first-order valence-electron chi connectivity index (χ1n) is 5.99. The van der Waals surface area contributed by atoms with Crippen LogP contribution in [0, 0.1) is 5.41 Å². The van der Waals surface area contributed by atoms with Gasteiger partial charge in [-0.3, -0.25) is 4.90 Å². The molecule has 0 N–H and O–H groups in total. The van der Waals surface area contributed by atoms with E-state index in [0.29, 0.717) is 5.41 Å². The molecule has 0 aliphatic carbocycles. The Balaban J connectivity index is 1.92. The lowest BCUT2D eigenvalue weighted by molar-refractivity contribution is -0.191. The zero-order valence-electron chi connectivity index (χ0n) is 10.2. The van der Waals surface area contributed by atoms with Crippen LogP contribution in [0.25, 0.3) is 0 Å². The van der Waals surface area contributed by atoms with Crippen molar-refractivity contribution in [1.82, 2.24) is 4.90 Å². The van der Waals surface area contributed by atoms with Crippen LogP contribution < -0.4 is 0 Å². The summed E-state index contributed by atoms with van der Waals surface area (Å²) in [6.07, 6.45) is 2.25. The molecule has 88 valence electrons. The van der Waals surface area contributed by atoms with Crippen molar-refractivity contribution < 1.29 is 9.47 Å². The molecule has 2 heterocycles. The second-order valence-corrected chi connectivity index (χ2v) is 5.98. The number of rotatable bonds is 1. The molecule has 0 radical (unpaired) electrons. The van der Waals surface area contributed by atoms with Gasteiger partial charge in [0.15, 0.2) is 5.79 Å². The second-order valence-electron chi connectivity index (χ2n) is 5.98. The largest absolute Gasteiger partial charge is 0.346 e. The summed E-state index contributed by atoms with van der Waals surface area (Å²) in [6, 6.07) is 0. The number of nitrogens with zero attached hydrogens (tertiary/aromatic N) is 1. The van der Waals surface area contributed by atoms with Gasteiger partial charge in [0.25, 0.3) is 0 Å². The molecule has 0 bridgehead atoms. The Morgan fingerprint density at radius 2 is 1.87 bits per heavy atom. The molecule has 15 heavy (non-hydrogen) atoms. The van der Waals surface area contributed by atoms with Gasteiger partial charge in [0, 0.05) is 13.0 Å². The molecule has 0 saturated carbocycles. The molecule has 0 aromatic carbocycles. The quantitative estimate of drug-likeness (QED) is 0.664. The van der Waals surface area contributed by atoms with Gasteiger partial charge < -0.3 is 9.47 Å². The average Bonchev–Trinajstić information content (AvgIpc) is 2.50. The van der Waals surface area contributed by atoms with E-state index in [2.05, 4.69) is 25.7 Å². The van der Waals surface area contributed by atoms with Crippen LogP contribution in [0.2, 0.25) is 0 Å². The standard InChI is InChI=1S/C12H23NO2/c1-11(2,3)9-13-6-4-5-12(10-13)14-7-8-15-12/h4-10H2,1-3H3. The maximum Gasteiger partial charge on any atom is 0.181 e. The van der Waals surface area contributed by atoms with Crippen molar-refractivity contribution in [2.45, 2.75) is 39.4 Å². The predicted molar refractivity (Wildman–Crippen MR) is 59.8 cm³/mol. The highest BCUT2D eigenvalue weighted by molar-refractivity contribution is 4.85. The molecule has 0 amide bonds. The van der Waals surface area contributed by atoms with Crippen LogP contribution in [-0.2, 0) is 9.47 Å². The summed E-state index contributed by atoms with van der Waals surface area (Å²) in [7, 11) is 0. The van der Waals surface area contributed by atoms with Crippen molar-refractivity contribution in [3.8, 4) is 0 Å². The van der Waals surface area contributed by atoms with E-state index in [1.807, 2.05) is 0 Å². The Labute approximate surface area is 92.7 Å². The van der Waals surface area contributed by atoms with Gasteiger partial charge in [-0.15, -0.1) is 0 Å². The molecule has 3 nitrogen and oxygen atoms in total. The molecule has 2 saturated heterocycles. The lowest BCUT2D eigenvalue weighted by Crippen LogP contribution is -2.50. The van der Waals surface area contributed by atoms with E-state index in [4.69, 9.17) is 9.47 Å². The lowest BCUT2D eigenvalue weighted by atomic mass is 9.94. The van der Waals surface area contributed by atoms with Crippen LogP contribution in [0.15, 0.2) is 0 Å². The molecule has 2 aliphatic rings. The summed E-state index contributed by atoms with van der Waals surface area (Å²) in [4.78, 5) is 2.48. The Morgan fingerprint density at radius 3 is 2.47 bits per heavy atom. The number of hydrogen-bond acceptors (Lipinski definition) is 3. The Kier molecular flexibility index (Phi) is 3.06. The minimum atomic E-state index is -0.260. The molecule has 0 unspecified atom stereocenters. The maximum atomic E-state index is 5.76. The molecule has 2 rings (SSSR count). The average molecular weight is 213 g/mol. The topological polar surface area (TPSA) is 21.7 Å². The Hall–Kier alpha value is -0.120. The second kappa shape index (κ2) is 4.04. The van der Waals surface area contributed by atoms with Crippen LogP contribution in [0.4, 0.5) is 0 Å². The maximum absolute atomic E-state index is 5.76. The summed E-state index contributed by atoms with van der Waals surface area (Å²) in [5.74, 6) is -0.260. The van der Waals surface area contributed by atoms with Crippen LogP contribution in [0.3, 0.4) is 0 Å². The van der Waals surface area contributed by atoms with E-state index in [9.17, 15) is 0 Å². The summed E-state index contributed by atoms with van der Waals surface area (Å²) in [5.41, 5.74) is 0.358. The van der Waals surface area contributed by atoms with Crippen molar-refractivity contribution >= 4 is 0 Å². The van der Waals surface area contributed by atoms with E-state index >= 15 is 0 Å². The van der Waals surface area contributed by atoms with Gasteiger partial charge in [-0.1, -0.05) is 20.8 Å². The van der Waals surface area contributed by atoms with Crippen molar-refractivity contribution in [3.05, 3.63) is 0 Å². The van der Waals surface area contributed by atoms with E-state index in [1.54, 1.807) is 0 Å². The number of likely N-dealkylation sites (tertiary alicyclic amines) is 1. The summed E-state index contributed by atoms with van der Waals surface area (Å²) in [6.45, 7) is 11.6. The highest BCUT2D eigenvalue weighted by Gasteiger charge is 2.41. The first-order chi connectivity index (χ1) is 6.99. The van der Waals surface area contributed by atoms with Crippen LogP contribution in [0.5, 0.6) is 0 Å². The van der Waals surface area contributed by atoms with Gasteiger partial charge in [-0.05, 0) is 18.4 Å². The van der Waals surface area contributed by atoms with Crippen molar-refractivity contribution in [3.63, 3.8) is 0 Å². The van der Waals surface area contributed by atoms with Crippen molar-refractivity contribution in [1.29, 1.82) is 0 Å². The SMILES string of the molecule is CC(C)(C)CN1CCCC2(C1)OCCO2. The Morgan fingerprint density at radius 1 is 1.20 bits per heavy atom.